The molecule has 1 fully saturated rings. The van der Waals surface area contributed by atoms with Crippen LogP contribution in [0.3, 0.4) is 0 Å². The molecule has 1 saturated heterocycles. The summed E-state index contributed by atoms with van der Waals surface area (Å²) >= 11 is 0. The third-order valence-corrected chi connectivity index (χ3v) is 5.60. The first-order valence-electron chi connectivity index (χ1n) is 10.1. The van der Waals surface area contributed by atoms with E-state index in [0.717, 1.165) is 37.1 Å². The molecule has 0 radical (unpaired) electrons. The molecule has 1 aliphatic heterocycles. The Hall–Kier alpha value is -2.86. The van der Waals surface area contributed by atoms with Crippen LogP contribution in [-0.2, 0) is 11.2 Å². The van der Waals surface area contributed by atoms with Crippen molar-refractivity contribution >= 4 is 17.5 Å². The third kappa shape index (κ3) is 5.35. The standard InChI is InChI=1S/C23H30N4O2/c1-26(2)20(15-17-10-12-18(13-11-17)22(24)28)16-25-23(29)21-9-6-14-27(21)19-7-4-3-5-8-19/h3-5,7-8,10-13,20-21H,6,9,14-16H2,1-2H3,(H2,24,28)(H,25,29)/t20-,21-/m0/s1. The number of hydrogen-bond donors (Lipinski definition) is 2. The second-order valence-corrected chi connectivity index (χ2v) is 7.81. The third-order valence-electron chi connectivity index (χ3n) is 5.60. The van der Waals surface area contributed by atoms with Crippen LogP contribution in [0.5, 0.6) is 0 Å². The molecule has 6 nitrogen and oxygen atoms in total. The van der Waals surface area contributed by atoms with Crippen molar-refractivity contribution in [3.63, 3.8) is 0 Å². The van der Waals surface area contributed by atoms with Gasteiger partial charge in [-0.2, -0.15) is 0 Å². The van der Waals surface area contributed by atoms with Crippen molar-refractivity contribution in [1.29, 1.82) is 0 Å². The lowest BCUT2D eigenvalue weighted by Crippen LogP contribution is -2.48. The minimum atomic E-state index is -0.424. The van der Waals surface area contributed by atoms with Crippen molar-refractivity contribution in [2.75, 3.05) is 32.1 Å². The summed E-state index contributed by atoms with van der Waals surface area (Å²) in [6.07, 6.45) is 2.68. The molecule has 0 unspecified atom stereocenters. The van der Waals surface area contributed by atoms with Gasteiger partial charge in [-0.1, -0.05) is 30.3 Å². The summed E-state index contributed by atoms with van der Waals surface area (Å²) in [4.78, 5) is 28.5. The quantitative estimate of drug-likeness (QED) is 0.718. The van der Waals surface area contributed by atoms with E-state index in [-0.39, 0.29) is 18.0 Å². The molecule has 1 aliphatic rings. The van der Waals surface area contributed by atoms with Crippen molar-refractivity contribution in [3.05, 3.63) is 65.7 Å². The fourth-order valence-corrected chi connectivity index (χ4v) is 3.82. The number of hydrogen-bond acceptors (Lipinski definition) is 4. The number of para-hydroxylation sites is 1. The van der Waals surface area contributed by atoms with Gasteiger partial charge in [0.15, 0.2) is 0 Å². The van der Waals surface area contributed by atoms with Gasteiger partial charge in [-0.25, -0.2) is 0 Å². The van der Waals surface area contributed by atoms with E-state index in [2.05, 4.69) is 27.2 Å². The number of anilines is 1. The highest BCUT2D eigenvalue weighted by Crippen LogP contribution is 2.25. The van der Waals surface area contributed by atoms with Crippen LogP contribution in [0.1, 0.15) is 28.8 Å². The summed E-state index contributed by atoms with van der Waals surface area (Å²) in [6, 6.07) is 17.5. The number of primary amides is 1. The van der Waals surface area contributed by atoms with Crippen LogP contribution in [0, 0.1) is 0 Å². The molecule has 0 bridgehead atoms. The van der Waals surface area contributed by atoms with Crippen molar-refractivity contribution in [3.8, 4) is 0 Å². The molecule has 29 heavy (non-hydrogen) atoms. The lowest BCUT2D eigenvalue weighted by atomic mass is 10.0. The summed E-state index contributed by atoms with van der Waals surface area (Å²) in [7, 11) is 4.03. The van der Waals surface area contributed by atoms with Crippen LogP contribution in [0.4, 0.5) is 5.69 Å². The molecular formula is C23H30N4O2. The zero-order valence-electron chi connectivity index (χ0n) is 17.2. The van der Waals surface area contributed by atoms with E-state index in [9.17, 15) is 9.59 Å². The lowest BCUT2D eigenvalue weighted by Gasteiger charge is -2.28. The van der Waals surface area contributed by atoms with Gasteiger partial charge in [-0.15, -0.1) is 0 Å². The molecule has 2 aromatic carbocycles. The first-order chi connectivity index (χ1) is 14.0. The van der Waals surface area contributed by atoms with Crippen LogP contribution >= 0.6 is 0 Å². The van der Waals surface area contributed by atoms with Crippen molar-refractivity contribution < 1.29 is 9.59 Å². The molecule has 6 heteroatoms. The Morgan fingerprint density at radius 3 is 2.45 bits per heavy atom. The Morgan fingerprint density at radius 1 is 1.14 bits per heavy atom. The predicted molar refractivity (Wildman–Crippen MR) is 116 cm³/mol. The van der Waals surface area contributed by atoms with E-state index >= 15 is 0 Å². The van der Waals surface area contributed by atoms with Crippen molar-refractivity contribution in [2.45, 2.75) is 31.3 Å². The van der Waals surface area contributed by atoms with Gasteiger partial charge < -0.3 is 20.9 Å². The first-order valence-corrected chi connectivity index (χ1v) is 10.1. The Morgan fingerprint density at radius 2 is 1.83 bits per heavy atom. The summed E-state index contributed by atoms with van der Waals surface area (Å²) in [5, 5.41) is 3.16. The molecule has 2 amide bonds. The van der Waals surface area contributed by atoms with E-state index in [1.54, 1.807) is 12.1 Å². The molecule has 0 aliphatic carbocycles. The predicted octanol–water partition coefficient (Wildman–Crippen LogP) is 2.04. The number of carbonyl (C=O) groups is 2. The number of likely N-dealkylation sites (N-methyl/N-ethyl adjacent to an activating group) is 1. The number of nitrogens with zero attached hydrogens (tertiary/aromatic N) is 2. The maximum absolute atomic E-state index is 12.9. The average Bonchev–Trinajstić information content (AvgIpc) is 3.21. The van der Waals surface area contributed by atoms with Gasteiger partial charge in [0.25, 0.3) is 0 Å². The highest BCUT2D eigenvalue weighted by molar-refractivity contribution is 5.92. The number of rotatable bonds is 8. The molecule has 1 heterocycles. The molecule has 2 aromatic rings. The topological polar surface area (TPSA) is 78.7 Å². The Kier molecular flexibility index (Phi) is 6.88. The molecule has 0 spiro atoms. The van der Waals surface area contributed by atoms with Gasteiger partial charge in [0.1, 0.15) is 6.04 Å². The highest BCUT2D eigenvalue weighted by Gasteiger charge is 2.31. The van der Waals surface area contributed by atoms with E-state index < -0.39 is 5.91 Å². The molecule has 3 N–H and O–H groups in total. The van der Waals surface area contributed by atoms with Crippen LogP contribution < -0.4 is 16.0 Å². The fraction of sp³-hybridized carbons (Fsp3) is 0.391. The average molecular weight is 395 g/mol. The van der Waals surface area contributed by atoms with Gasteiger partial charge in [0, 0.05) is 30.4 Å². The van der Waals surface area contributed by atoms with E-state index in [4.69, 9.17) is 5.73 Å². The summed E-state index contributed by atoms with van der Waals surface area (Å²) in [6.45, 7) is 1.48. The Labute approximate surface area is 172 Å². The van der Waals surface area contributed by atoms with Gasteiger partial charge in [-0.05, 0) is 63.2 Å². The second-order valence-electron chi connectivity index (χ2n) is 7.81. The van der Waals surface area contributed by atoms with Crippen molar-refractivity contribution in [1.82, 2.24) is 10.2 Å². The largest absolute Gasteiger partial charge is 0.366 e. The molecule has 3 rings (SSSR count). The first kappa shape index (κ1) is 20.9. The minimum absolute atomic E-state index is 0.0854. The minimum Gasteiger partial charge on any atom is -0.366 e. The zero-order valence-corrected chi connectivity index (χ0v) is 17.2. The normalized spacial score (nSPS) is 17.3. The molecule has 154 valence electrons. The van der Waals surface area contributed by atoms with Gasteiger partial charge >= 0.3 is 0 Å². The second kappa shape index (κ2) is 9.56. The zero-order chi connectivity index (χ0) is 20.8. The smallest absolute Gasteiger partial charge is 0.248 e. The molecule has 2 atom stereocenters. The lowest BCUT2D eigenvalue weighted by molar-refractivity contribution is -0.122. The van der Waals surface area contributed by atoms with E-state index in [1.807, 2.05) is 44.4 Å². The maximum Gasteiger partial charge on any atom is 0.248 e. The molecule has 0 saturated carbocycles. The summed E-state index contributed by atoms with van der Waals surface area (Å²) in [5.74, 6) is -0.338. The number of amides is 2. The van der Waals surface area contributed by atoms with Crippen LogP contribution in [0.25, 0.3) is 0 Å². The van der Waals surface area contributed by atoms with Gasteiger partial charge in [0.05, 0.1) is 0 Å². The van der Waals surface area contributed by atoms with Crippen LogP contribution in [0.2, 0.25) is 0 Å². The van der Waals surface area contributed by atoms with E-state index in [1.165, 1.54) is 0 Å². The SMILES string of the molecule is CN(C)[C@H](CNC(=O)[C@@H]1CCCN1c1ccccc1)Cc1ccc(C(N)=O)cc1. The number of nitrogens with two attached hydrogens (primary N) is 1. The van der Waals surface area contributed by atoms with Crippen LogP contribution in [0.15, 0.2) is 54.6 Å². The van der Waals surface area contributed by atoms with Gasteiger partial charge in [0.2, 0.25) is 11.8 Å². The monoisotopic (exact) mass is 394 g/mol. The summed E-state index contributed by atoms with van der Waals surface area (Å²) < 4.78 is 0. The fourth-order valence-electron chi connectivity index (χ4n) is 3.82. The van der Waals surface area contributed by atoms with Gasteiger partial charge in [-0.3, -0.25) is 9.59 Å². The highest BCUT2D eigenvalue weighted by atomic mass is 16.2. The van der Waals surface area contributed by atoms with Crippen LogP contribution in [-0.4, -0.2) is 56.0 Å². The molecule has 0 aromatic heterocycles. The Bertz CT molecular complexity index is 821. The molecular weight excluding hydrogens is 364 g/mol. The Balaban J connectivity index is 1.59. The van der Waals surface area contributed by atoms with E-state index in [0.29, 0.717) is 12.1 Å². The summed E-state index contributed by atoms with van der Waals surface area (Å²) in [5.41, 5.74) is 8.02. The number of nitrogens with one attached hydrogen (secondary N) is 1. The maximum atomic E-state index is 12.9. The number of benzene rings is 2. The van der Waals surface area contributed by atoms with Crippen molar-refractivity contribution in [2.24, 2.45) is 5.73 Å². The number of carbonyl (C=O) groups excluding carboxylic acids is 2.